The van der Waals surface area contributed by atoms with Crippen LogP contribution in [-0.4, -0.2) is 34.6 Å². The second kappa shape index (κ2) is 8.30. The molecule has 1 aliphatic heterocycles. The van der Waals surface area contributed by atoms with Crippen molar-refractivity contribution in [1.82, 2.24) is 0 Å². The smallest absolute Gasteiger partial charge is 0.149 e. The van der Waals surface area contributed by atoms with Crippen LogP contribution in [0, 0.1) is 35.0 Å². The summed E-state index contributed by atoms with van der Waals surface area (Å²) in [5.74, 6) is 8.68. The van der Waals surface area contributed by atoms with Gasteiger partial charge in [0.05, 0.1) is 18.8 Å². The quantitative estimate of drug-likeness (QED) is 0.511. The van der Waals surface area contributed by atoms with Crippen molar-refractivity contribution in [3.8, 4) is 11.8 Å². The number of fused-ring (bicyclic) bond motifs is 1. The highest BCUT2D eigenvalue weighted by Gasteiger charge is 2.50. The number of aliphatic hydroxyl groups excluding tert-OH is 2. The van der Waals surface area contributed by atoms with Crippen molar-refractivity contribution < 1.29 is 14.9 Å². The van der Waals surface area contributed by atoms with Crippen molar-refractivity contribution in [3.05, 3.63) is 35.5 Å². The second-order valence-electron chi connectivity index (χ2n) is 10.7. The zero-order valence-corrected chi connectivity index (χ0v) is 18.9. The first-order valence-electron chi connectivity index (χ1n) is 11.8. The lowest BCUT2D eigenvalue weighted by atomic mass is 9.61. The van der Waals surface area contributed by atoms with E-state index in [1.807, 2.05) is 0 Å². The first kappa shape index (κ1) is 21.9. The SMILES string of the molecule is C=C1/C(=C\C=C2/CCC[C@]3(C)[C@@H]([C@H](C)CC#C[C@@]4(C)CO4)CC[C@@H]23)C[C@@H](O)C[C@@H]1O. The molecule has 0 spiro atoms. The third kappa shape index (κ3) is 4.33. The molecular weight excluding hydrogens is 372 g/mol. The summed E-state index contributed by atoms with van der Waals surface area (Å²) in [5, 5.41) is 20.2. The van der Waals surface area contributed by atoms with Gasteiger partial charge in [-0.1, -0.05) is 50.0 Å². The Hall–Kier alpha value is -1.34. The van der Waals surface area contributed by atoms with Gasteiger partial charge in [0.25, 0.3) is 0 Å². The molecule has 3 aliphatic carbocycles. The van der Waals surface area contributed by atoms with Crippen LogP contribution >= 0.6 is 0 Å². The molecule has 1 saturated heterocycles. The summed E-state index contributed by atoms with van der Waals surface area (Å²) in [6.07, 6.45) is 11.6. The molecule has 0 aromatic carbocycles. The highest BCUT2D eigenvalue weighted by Crippen LogP contribution is 2.59. The van der Waals surface area contributed by atoms with Gasteiger partial charge in [-0.05, 0) is 79.8 Å². The highest BCUT2D eigenvalue weighted by molar-refractivity contribution is 5.38. The minimum Gasteiger partial charge on any atom is -0.393 e. The number of hydrogen-bond acceptors (Lipinski definition) is 3. The Morgan fingerprint density at radius 2 is 2.03 bits per heavy atom. The third-order valence-corrected chi connectivity index (χ3v) is 8.34. The molecule has 3 saturated carbocycles. The van der Waals surface area contributed by atoms with Crippen molar-refractivity contribution >= 4 is 0 Å². The second-order valence-corrected chi connectivity index (χ2v) is 10.7. The van der Waals surface area contributed by atoms with E-state index in [1.54, 1.807) is 5.57 Å². The Bertz CT molecular complexity index is 806. The Morgan fingerprint density at radius 1 is 1.27 bits per heavy atom. The van der Waals surface area contributed by atoms with E-state index in [0.717, 1.165) is 36.5 Å². The molecule has 0 aromatic rings. The predicted octanol–water partition coefficient (Wildman–Crippen LogP) is 4.95. The molecule has 4 rings (SSSR count). The Labute approximate surface area is 182 Å². The number of rotatable bonds is 3. The van der Waals surface area contributed by atoms with Crippen LogP contribution < -0.4 is 0 Å². The van der Waals surface area contributed by atoms with Crippen LogP contribution in [0.3, 0.4) is 0 Å². The van der Waals surface area contributed by atoms with Crippen molar-refractivity contribution in [3.63, 3.8) is 0 Å². The van der Waals surface area contributed by atoms with E-state index in [9.17, 15) is 10.2 Å². The van der Waals surface area contributed by atoms with Gasteiger partial charge in [0.1, 0.15) is 5.60 Å². The molecular formula is C27H38O3. The van der Waals surface area contributed by atoms with E-state index in [1.165, 1.54) is 25.7 Å². The van der Waals surface area contributed by atoms with Gasteiger partial charge >= 0.3 is 0 Å². The molecule has 3 heteroatoms. The lowest BCUT2D eigenvalue weighted by molar-refractivity contribution is 0.0862. The molecule has 0 amide bonds. The van der Waals surface area contributed by atoms with Crippen molar-refractivity contribution in [1.29, 1.82) is 0 Å². The molecule has 30 heavy (non-hydrogen) atoms. The fourth-order valence-electron chi connectivity index (χ4n) is 6.40. The van der Waals surface area contributed by atoms with E-state index in [4.69, 9.17) is 4.74 Å². The van der Waals surface area contributed by atoms with Crippen molar-refractivity contribution in [2.24, 2.45) is 23.2 Å². The largest absolute Gasteiger partial charge is 0.393 e. The predicted molar refractivity (Wildman–Crippen MR) is 121 cm³/mol. The van der Waals surface area contributed by atoms with Crippen LogP contribution in [0.2, 0.25) is 0 Å². The normalized spacial score (nSPS) is 44.5. The molecule has 3 nitrogen and oxygen atoms in total. The summed E-state index contributed by atoms with van der Waals surface area (Å²) in [5.41, 5.74) is 3.53. The molecule has 1 heterocycles. The van der Waals surface area contributed by atoms with Gasteiger partial charge in [0.15, 0.2) is 0 Å². The van der Waals surface area contributed by atoms with Crippen LogP contribution in [0.15, 0.2) is 35.5 Å². The number of ether oxygens (including phenoxy) is 1. The Balaban J connectivity index is 1.48. The fraction of sp³-hybridized carbons (Fsp3) is 0.704. The monoisotopic (exact) mass is 410 g/mol. The molecule has 0 unspecified atom stereocenters. The van der Waals surface area contributed by atoms with Crippen molar-refractivity contribution in [2.45, 2.75) is 89.9 Å². The average Bonchev–Trinajstić information content (AvgIpc) is 3.30. The summed E-state index contributed by atoms with van der Waals surface area (Å²) >= 11 is 0. The van der Waals surface area contributed by atoms with Gasteiger partial charge in [0, 0.05) is 12.8 Å². The zero-order valence-electron chi connectivity index (χ0n) is 18.9. The summed E-state index contributed by atoms with van der Waals surface area (Å²) < 4.78 is 5.40. The molecule has 0 radical (unpaired) electrons. The van der Waals surface area contributed by atoms with Gasteiger partial charge in [-0.3, -0.25) is 0 Å². The topological polar surface area (TPSA) is 53.0 Å². The Morgan fingerprint density at radius 3 is 2.77 bits per heavy atom. The van der Waals surface area contributed by atoms with Gasteiger partial charge in [0.2, 0.25) is 0 Å². The van der Waals surface area contributed by atoms with Crippen LogP contribution in [0.1, 0.15) is 72.1 Å². The van der Waals surface area contributed by atoms with Gasteiger partial charge in [-0.15, -0.1) is 0 Å². The minimum absolute atomic E-state index is 0.166. The van der Waals surface area contributed by atoms with Crippen molar-refractivity contribution in [2.75, 3.05) is 6.61 Å². The number of aliphatic hydroxyl groups is 2. The fourth-order valence-corrected chi connectivity index (χ4v) is 6.40. The molecule has 4 fully saturated rings. The maximum Gasteiger partial charge on any atom is 0.149 e. The molecule has 7 atom stereocenters. The average molecular weight is 411 g/mol. The lowest BCUT2D eigenvalue weighted by Gasteiger charge is -2.44. The maximum atomic E-state index is 10.1. The standard InChI is InChI=1S/C27H38O3/c1-18(7-5-13-26(3)17-30-26)23-11-12-24-20(8-6-14-27(23,24)4)9-10-21-15-22(28)16-25(29)19(21)2/h9-10,18,22-25,28-29H,2,6-8,11-12,14-17H2,1,3-4H3/b20-9+,21-10-/t18-,22-,23-,24+,25+,26+,27-/m1/s1. The number of hydrogen-bond donors (Lipinski definition) is 2. The summed E-state index contributed by atoms with van der Waals surface area (Å²) in [6.45, 7) is 11.8. The molecule has 4 aliphatic rings. The highest BCUT2D eigenvalue weighted by atomic mass is 16.6. The molecule has 2 N–H and O–H groups in total. The number of allylic oxidation sites excluding steroid dienone is 3. The van der Waals surface area contributed by atoms with Crippen LogP contribution in [0.25, 0.3) is 0 Å². The van der Waals surface area contributed by atoms with E-state index in [2.05, 4.69) is 51.3 Å². The molecule has 0 bridgehead atoms. The Kier molecular flexibility index (Phi) is 6.05. The van der Waals surface area contributed by atoms with Gasteiger partial charge < -0.3 is 14.9 Å². The zero-order chi connectivity index (χ0) is 21.5. The summed E-state index contributed by atoms with van der Waals surface area (Å²) in [6, 6.07) is 0. The van der Waals surface area contributed by atoms with Crippen LogP contribution in [0.4, 0.5) is 0 Å². The lowest BCUT2D eigenvalue weighted by Crippen LogP contribution is -2.35. The molecule has 0 aromatic heterocycles. The van der Waals surface area contributed by atoms with Gasteiger partial charge in [-0.25, -0.2) is 0 Å². The third-order valence-electron chi connectivity index (χ3n) is 8.34. The van der Waals surface area contributed by atoms with E-state index in [-0.39, 0.29) is 5.60 Å². The van der Waals surface area contributed by atoms with E-state index in [0.29, 0.717) is 30.1 Å². The minimum atomic E-state index is -0.615. The van der Waals surface area contributed by atoms with E-state index >= 15 is 0 Å². The first-order valence-corrected chi connectivity index (χ1v) is 11.8. The first-order chi connectivity index (χ1) is 14.2. The summed E-state index contributed by atoms with van der Waals surface area (Å²) in [7, 11) is 0. The summed E-state index contributed by atoms with van der Waals surface area (Å²) in [4.78, 5) is 0. The van der Waals surface area contributed by atoms with E-state index < -0.39 is 12.2 Å². The van der Waals surface area contributed by atoms with Crippen LogP contribution in [-0.2, 0) is 4.74 Å². The van der Waals surface area contributed by atoms with Crippen LogP contribution in [0.5, 0.6) is 0 Å². The maximum absolute atomic E-state index is 10.1. The van der Waals surface area contributed by atoms with Gasteiger partial charge in [-0.2, -0.15) is 0 Å². The number of epoxide rings is 1. The molecule has 164 valence electrons.